The van der Waals surface area contributed by atoms with Crippen molar-refractivity contribution in [3.63, 3.8) is 0 Å². The lowest BCUT2D eigenvalue weighted by molar-refractivity contribution is 1.29. The SMILES string of the molecule is CCC(C#N)=NC=S. The van der Waals surface area contributed by atoms with Gasteiger partial charge in [-0.15, -0.1) is 0 Å². The van der Waals surface area contributed by atoms with Gasteiger partial charge in [0.2, 0.25) is 0 Å². The summed E-state index contributed by atoms with van der Waals surface area (Å²) < 4.78 is 0. The van der Waals surface area contributed by atoms with Crippen molar-refractivity contribution in [2.45, 2.75) is 13.3 Å². The van der Waals surface area contributed by atoms with E-state index in [0.717, 1.165) is 0 Å². The molecule has 0 aromatic carbocycles. The minimum Gasteiger partial charge on any atom is -0.238 e. The Morgan fingerprint density at radius 2 is 2.62 bits per heavy atom. The van der Waals surface area contributed by atoms with Gasteiger partial charge in [0.25, 0.3) is 0 Å². The van der Waals surface area contributed by atoms with E-state index in [2.05, 4.69) is 17.2 Å². The summed E-state index contributed by atoms with van der Waals surface area (Å²) >= 11 is 4.40. The van der Waals surface area contributed by atoms with Crippen molar-refractivity contribution in [2.75, 3.05) is 0 Å². The van der Waals surface area contributed by atoms with Gasteiger partial charge in [-0.1, -0.05) is 19.1 Å². The largest absolute Gasteiger partial charge is 0.238 e. The maximum Gasteiger partial charge on any atom is 0.118 e. The summed E-state index contributed by atoms with van der Waals surface area (Å²) in [4.78, 5) is 3.61. The third kappa shape index (κ3) is 2.43. The number of thiocarbonyl (C=S) groups is 1. The number of hydrogen-bond acceptors (Lipinski definition) is 2. The molecule has 0 fully saturated rings. The van der Waals surface area contributed by atoms with Crippen molar-refractivity contribution in [1.82, 2.24) is 0 Å². The molecule has 42 valence electrons. The molecule has 0 aromatic heterocycles. The van der Waals surface area contributed by atoms with E-state index in [1.807, 2.05) is 13.0 Å². The van der Waals surface area contributed by atoms with Gasteiger partial charge in [-0.05, 0) is 6.42 Å². The Bertz CT molecular complexity index is 143. The predicted molar refractivity (Wildman–Crippen MR) is 37.0 cm³/mol. The Balaban J connectivity index is 3.91. The van der Waals surface area contributed by atoms with Crippen molar-refractivity contribution in [3.05, 3.63) is 0 Å². The lowest BCUT2D eigenvalue weighted by atomic mass is 10.3. The molecule has 0 aliphatic rings. The van der Waals surface area contributed by atoms with E-state index >= 15 is 0 Å². The molecular weight excluding hydrogens is 120 g/mol. The number of nitriles is 1. The molecule has 0 aromatic rings. The second kappa shape index (κ2) is 4.41. The highest BCUT2D eigenvalue weighted by Gasteiger charge is 1.86. The second-order valence-electron chi connectivity index (χ2n) is 1.15. The van der Waals surface area contributed by atoms with Gasteiger partial charge in [0, 0.05) is 0 Å². The highest BCUT2D eigenvalue weighted by Crippen LogP contribution is 1.80. The van der Waals surface area contributed by atoms with Crippen molar-refractivity contribution < 1.29 is 0 Å². The van der Waals surface area contributed by atoms with Crippen LogP contribution >= 0.6 is 12.2 Å². The zero-order valence-corrected chi connectivity index (χ0v) is 5.40. The summed E-state index contributed by atoms with van der Waals surface area (Å²) in [7, 11) is 0. The molecule has 8 heavy (non-hydrogen) atoms. The quantitative estimate of drug-likeness (QED) is 0.413. The summed E-state index contributed by atoms with van der Waals surface area (Å²) in [6, 6.07) is 1.90. The van der Waals surface area contributed by atoms with Crippen LogP contribution in [0.4, 0.5) is 0 Å². The smallest absolute Gasteiger partial charge is 0.118 e. The first-order valence-corrected chi connectivity index (χ1v) is 2.72. The zero-order valence-electron chi connectivity index (χ0n) is 4.59. The molecule has 3 heteroatoms. The molecule has 0 radical (unpaired) electrons. The molecule has 0 amide bonds. The predicted octanol–water partition coefficient (Wildman–Crippen LogP) is 1.32. The fraction of sp³-hybridized carbons (Fsp3) is 0.400. The van der Waals surface area contributed by atoms with Crippen LogP contribution in [0.15, 0.2) is 4.99 Å². The summed E-state index contributed by atoms with van der Waals surface area (Å²) in [5, 5.41) is 8.21. The number of nitrogens with zero attached hydrogens (tertiary/aromatic N) is 2. The molecule has 0 rings (SSSR count). The summed E-state index contributed by atoms with van der Waals surface area (Å²) in [5.74, 6) is 0. The van der Waals surface area contributed by atoms with Crippen LogP contribution in [0.2, 0.25) is 0 Å². The Morgan fingerprint density at radius 3 is 2.75 bits per heavy atom. The molecule has 0 bridgehead atoms. The van der Waals surface area contributed by atoms with Crippen LogP contribution in [0.5, 0.6) is 0 Å². The lowest BCUT2D eigenvalue weighted by Crippen LogP contribution is -1.88. The van der Waals surface area contributed by atoms with E-state index in [4.69, 9.17) is 5.26 Å². The fourth-order valence-electron chi connectivity index (χ4n) is 0.263. The topological polar surface area (TPSA) is 36.1 Å². The molecule has 0 saturated heterocycles. The number of hydrogen-bond donors (Lipinski definition) is 0. The lowest BCUT2D eigenvalue weighted by Gasteiger charge is -1.81. The van der Waals surface area contributed by atoms with Crippen molar-refractivity contribution >= 4 is 23.4 Å². The van der Waals surface area contributed by atoms with Gasteiger partial charge in [0.05, 0.1) is 5.49 Å². The van der Waals surface area contributed by atoms with Gasteiger partial charge in [-0.25, -0.2) is 4.99 Å². The summed E-state index contributed by atoms with van der Waals surface area (Å²) in [6.45, 7) is 1.86. The summed E-state index contributed by atoms with van der Waals surface area (Å²) in [6.07, 6.45) is 0.656. The molecule has 0 atom stereocenters. The maximum atomic E-state index is 8.21. The molecule has 0 aliphatic carbocycles. The number of aliphatic imine (C=N–C) groups is 1. The Hall–Kier alpha value is -0.750. The maximum absolute atomic E-state index is 8.21. The van der Waals surface area contributed by atoms with Crippen molar-refractivity contribution in [2.24, 2.45) is 4.99 Å². The Morgan fingerprint density at radius 1 is 2.00 bits per heavy atom. The summed E-state index contributed by atoms with van der Waals surface area (Å²) in [5.41, 5.74) is 1.70. The first-order valence-electron chi connectivity index (χ1n) is 2.25. The molecule has 0 saturated carbocycles. The molecular formula is C5H6N2S. The average molecular weight is 126 g/mol. The van der Waals surface area contributed by atoms with Crippen LogP contribution in [0.1, 0.15) is 13.3 Å². The normalized spacial score (nSPS) is 10.2. The minimum absolute atomic E-state index is 0.486. The zero-order chi connectivity index (χ0) is 6.41. The van der Waals surface area contributed by atoms with E-state index in [1.165, 1.54) is 5.49 Å². The van der Waals surface area contributed by atoms with E-state index in [0.29, 0.717) is 12.1 Å². The van der Waals surface area contributed by atoms with Crippen molar-refractivity contribution in [1.29, 1.82) is 5.26 Å². The minimum atomic E-state index is 0.486. The van der Waals surface area contributed by atoms with E-state index in [1.54, 1.807) is 0 Å². The Kier molecular flexibility index (Phi) is 4.00. The fourth-order valence-corrected chi connectivity index (χ4v) is 0.390. The van der Waals surface area contributed by atoms with Gasteiger partial charge < -0.3 is 0 Å². The first kappa shape index (κ1) is 7.25. The third-order valence-electron chi connectivity index (χ3n) is 0.672. The molecule has 0 N–H and O–H groups in total. The highest BCUT2D eigenvalue weighted by atomic mass is 32.1. The highest BCUT2D eigenvalue weighted by molar-refractivity contribution is 7.78. The van der Waals surface area contributed by atoms with E-state index in [9.17, 15) is 0 Å². The molecule has 0 aliphatic heterocycles. The van der Waals surface area contributed by atoms with Crippen molar-refractivity contribution in [3.8, 4) is 6.07 Å². The molecule has 0 spiro atoms. The standard InChI is InChI=1S/C5H6N2S/c1-2-5(3-6)7-4-8/h4H,2H2,1H3. The number of rotatable bonds is 2. The molecule has 0 heterocycles. The van der Waals surface area contributed by atoms with Crippen LogP contribution in [0.25, 0.3) is 0 Å². The van der Waals surface area contributed by atoms with Gasteiger partial charge in [-0.3, -0.25) is 0 Å². The van der Waals surface area contributed by atoms with Crippen LogP contribution in [-0.2, 0) is 0 Å². The first-order chi connectivity index (χ1) is 3.85. The van der Waals surface area contributed by atoms with Crippen LogP contribution < -0.4 is 0 Å². The monoisotopic (exact) mass is 126 g/mol. The van der Waals surface area contributed by atoms with Crippen LogP contribution in [-0.4, -0.2) is 11.2 Å². The van der Waals surface area contributed by atoms with E-state index < -0.39 is 0 Å². The molecule has 0 unspecified atom stereocenters. The van der Waals surface area contributed by atoms with Crippen LogP contribution in [0.3, 0.4) is 0 Å². The second-order valence-corrected chi connectivity index (χ2v) is 1.36. The average Bonchev–Trinajstić information content (AvgIpc) is 1.83. The molecule has 2 nitrogen and oxygen atoms in total. The van der Waals surface area contributed by atoms with Gasteiger partial charge >= 0.3 is 0 Å². The van der Waals surface area contributed by atoms with Crippen LogP contribution in [0, 0.1) is 11.3 Å². The third-order valence-corrected chi connectivity index (χ3v) is 0.778. The Labute approximate surface area is 53.8 Å². The van der Waals surface area contributed by atoms with E-state index in [-0.39, 0.29) is 0 Å². The van der Waals surface area contributed by atoms with Gasteiger partial charge in [0.15, 0.2) is 0 Å². The van der Waals surface area contributed by atoms with Gasteiger partial charge in [0.1, 0.15) is 11.8 Å². The van der Waals surface area contributed by atoms with Gasteiger partial charge in [-0.2, -0.15) is 5.26 Å².